The van der Waals surface area contributed by atoms with Crippen molar-refractivity contribution in [2.45, 2.75) is 39.5 Å². The number of aryl methyl sites for hydroxylation is 2. The topological polar surface area (TPSA) is 86.8 Å². The lowest BCUT2D eigenvalue weighted by atomic mass is 9.94. The molecule has 0 bridgehead atoms. The molecule has 1 amide bonds. The molecule has 1 atom stereocenters. The molecule has 2 aromatic rings. The van der Waals surface area contributed by atoms with Gasteiger partial charge in [-0.3, -0.25) is 14.9 Å². The zero-order valence-electron chi connectivity index (χ0n) is 13.8. The Bertz CT molecular complexity index is 710. The molecule has 2 aromatic heterocycles. The lowest BCUT2D eigenvalue weighted by Gasteiger charge is -2.34. The second kappa shape index (κ2) is 6.36. The quantitative estimate of drug-likeness (QED) is 0.906. The zero-order valence-corrected chi connectivity index (χ0v) is 13.8. The molecule has 1 aliphatic heterocycles. The summed E-state index contributed by atoms with van der Waals surface area (Å²) < 4.78 is 0. The average Bonchev–Trinajstić information content (AvgIpc) is 2.97. The number of aromatic amines is 1. The van der Waals surface area contributed by atoms with E-state index in [0.717, 1.165) is 54.5 Å². The van der Waals surface area contributed by atoms with Gasteiger partial charge in [0.25, 0.3) is 0 Å². The van der Waals surface area contributed by atoms with E-state index in [1.807, 2.05) is 13.8 Å². The van der Waals surface area contributed by atoms with Gasteiger partial charge in [-0.15, -0.1) is 0 Å². The standard InChI is InChI=1S/C16H22N6O/c1-10-7-17-11(2)16(19-10)22-6-4-5-13(9-22)15-14(8-18-21-15)20-12(3)23/h7-8,13H,4-6,9H2,1-3H3,(H,18,21)(H,20,23). The van der Waals surface area contributed by atoms with Gasteiger partial charge in [-0.2, -0.15) is 5.10 Å². The predicted octanol–water partition coefficient (Wildman–Crippen LogP) is 2.16. The highest BCUT2D eigenvalue weighted by atomic mass is 16.1. The normalized spacial score (nSPS) is 18.0. The highest BCUT2D eigenvalue weighted by Gasteiger charge is 2.26. The molecule has 0 spiro atoms. The van der Waals surface area contributed by atoms with Crippen molar-refractivity contribution in [2.24, 2.45) is 0 Å². The predicted molar refractivity (Wildman–Crippen MR) is 88.6 cm³/mol. The molecule has 0 radical (unpaired) electrons. The summed E-state index contributed by atoms with van der Waals surface area (Å²) in [6.45, 7) is 7.27. The van der Waals surface area contributed by atoms with Gasteiger partial charge >= 0.3 is 0 Å². The van der Waals surface area contributed by atoms with E-state index in [4.69, 9.17) is 0 Å². The van der Waals surface area contributed by atoms with Gasteiger partial charge in [0.1, 0.15) is 5.82 Å². The van der Waals surface area contributed by atoms with E-state index >= 15 is 0 Å². The summed E-state index contributed by atoms with van der Waals surface area (Å²) in [5.41, 5.74) is 3.63. The van der Waals surface area contributed by atoms with Crippen LogP contribution in [0.5, 0.6) is 0 Å². The van der Waals surface area contributed by atoms with Crippen molar-refractivity contribution >= 4 is 17.4 Å². The van der Waals surface area contributed by atoms with Crippen LogP contribution in [0.25, 0.3) is 0 Å². The van der Waals surface area contributed by atoms with Crippen LogP contribution in [0.2, 0.25) is 0 Å². The van der Waals surface area contributed by atoms with E-state index in [-0.39, 0.29) is 11.8 Å². The Morgan fingerprint density at radius 3 is 3.00 bits per heavy atom. The number of carbonyl (C=O) groups excluding carboxylic acids is 1. The number of amides is 1. The van der Waals surface area contributed by atoms with Crippen LogP contribution in [0.15, 0.2) is 12.4 Å². The fourth-order valence-corrected chi connectivity index (χ4v) is 3.13. The van der Waals surface area contributed by atoms with Crippen molar-refractivity contribution in [1.29, 1.82) is 0 Å². The Morgan fingerprint density at radius 2 is 2.22 bits per heavy atom. The van der Waals surface area contributed by atoms with Gasteiger partial charge in [0.2, 0.25) is 5.91 Å². The SMILES string of the molecule is CC(=O)Nc1cn[nH]c1C1CCCN(c2nc(C)cnc2C)C1. The molecule has 0 saturated carbocycles. The van der Waals surface area contributed by atoms with E-state index in [9.17, 15) is 4.79 Å². The number of anilines is 2. The molecule has 3 heterocycles. The number of nitrogens with zero attached hydrogens (tertiary/aromatic N) is 4. The molecule has 1 aliphatic rings. The summed E-state index contributed by atoms with van der Waals surface area (Å²) in [4.78, 5) is 22.7. The summed E-state index contributed by atoms with van der Waals surface area (Å²) in [7, 11) is 0. The number of piperidine rings is 1. The smallest absolute Gasteiger partial charge is 0.221 e. The lowest BCUT2D eigenvalue weighted by Crippen LogP contribution is -2.36. The van der Waals surface area contributed by atoms with Crippen LogP contribution in [0.1, 0.15) is 42.8 Å². The Kier molecular flexibility index (Phi) is 4.27. The number of hydrogen-bond acceptors (Lipinski definition) is 5. The van der Waals surface area contributed by atoms with E-state index in [1.54, 1.807) is 12.4 Å². The molecule has 23 heavy (non-hydrogen) atoms. The molecule has 0 aromatic carbocycles. The summed E-state index contributed by atoms with van der Waals surface area (Å²) in [5, 5.41) is 9.99. The number of hydrogen-bond donors (Lipinski definition) is 2. The Morgan fingerprint density at radius 1 is 1.39 bits per heavy atom. The fourth-order valence-electron chi connectivity index (χ4n) is 3.13. The van der Waals surface area contributed by atoms with E-state index in [1.165, 1.54) is 6.92 Å². The minimum atomic E-state index is -0.0827. The third-order valence-corrected chi connectivity index (χ3v) is 4.16. The molecule has 0 aliphatic carbocycles. The third kappa shape index (κ3) is 3.33. The highest BCUT2D eigenvalue weighted by molar-refractivity contribution is 5.89. The van der Waals surface area contributed by atoms with Crippen molar-refractivity contribution < 1.29 is 4.79 Å². The number of carbonyl (C=O) groups is 1. The first kappa shape index (κ1) is 15.5. The largest absolute Gasteiger partial charge is 0.354 e. The Hall–Kier alpha value is -2.44. The molecule has 7 nitrogen and oxygen atoms in total. The maximum Gasteiger partial charge on any atom is 0.221 e. The minimum absolute atomic E-state index is 0.0827. The molecule has 1 unspecified atom stereocenters. The van der Waals surface area contributed by atoms with Gasteiger partial charge in [-0.05, 0) is 26.7 Å². The van der Waals surface area contributed by atoms with E-state index < -0.39 is 0 Å². The lowest BCUT2D eigenvalue weighted by molar-refractivity contribution is -0.114. The molecule has 1 fully saturated rings. The fraction of sp³-hybridized carbons (Fsp3) is 0.500. The molecule has 2 N–H and O–H groups in total. The summed E-state index contributed by atoms with van der Waals surface area (Å²) in [6, 6.07) is 0. The number of rotatable bonds is 3. The first-order valence-corrected chi connectivity index (χ1v) is 7.90. The molecular weight excluding hydrogens is 292 g/mol. The van der Waals surface area contributed by atoms with Crippen molar-refractivity contribution in [3.8, 4) is 0 Å². The van der Waals surface area contributed by atoms with Gasteiger partial charge in [0, 0.05) is 32.1 Å². The van der Waals surface area contributed by atoms with E-state index in [2.05, 4.69) is 30.4 Å². The number of aromatic nitrogens is 4. The third-order valence-electron chi connectivity index (χ3n) is 4.16. The second-order valence-electron chi connectivity index (χ2n) is 6.08. The van der Waals surface area contributed by atoms with Crippen LogP contribution in [0, 0.1) is 13.8 Å². The average molecular weight is 314 g/mol. The monoisotopic (exact) mass is 314 g/mol. The maximum atomic E-state index is 11.3. The summed E-state index contributed by atoms with van der Waals surface area (Å²) in [5.74, 6) is 1.16. The number of H-pyrrole nitrogens is 1. The van der Waals surface area contributed by atoms with Gasteiger partial charge in [0.05, 0.1) is 29.0 Å². The number of nitrogens with one attached hydrogen (secondary N) is 2. The van der Waals surface area contributed by atoms with Crippen LogP contribution in [0.3, 0.4) is 0 Å². The van der Waals surface area contributed by atoms with Crippen LogP contribution < -0.4 is 10.2 Å². The Balaban J connectivity index is 1.82. The first-order valence-electron chi connectivity index (χ1n) is 7.90. The van der Waals surface area contributed by atoms with Crippen LogP contribution in [-0.2, 0) is 4.79 Å². The van der Waals surface area contributed by atoms with Crippen molar-refractivity contribution in [2.75, 3.05) is 23.3 Å². The van der Waals surface area contributed by atoms with Gasteiger partial charge < -0.3 is 10.2 Å². The minimum Gasteiger partial charge on any atom is -0.354 e. The van der Waals surface area contributed by atoms with Crippen molar-refractivity contribution in [3.63, 3.8) is 0 Å². The van der Waals surface area contributed by atoms with Crippen molar-refractivity contribution in [1.82, 2.24) is 20.2 Å². The van der Waals surface area contributed by atoms with Gasteiger partial charge in [0.15, 0.2) is 0 Å². The first-order chi connectivity index (χ1) is 11.0. The molecular formula is C16H22N6O. The second-order valence-corrected chi connectivity index (χ2v) is 6.08. The molecule has 3 rings (SSSR count). The molecule has 1 saturated heterocycles. The maximum absolute atomic E-state index is 11.3. The Labute approximate surface area is 135 Å². The summed E-state index contributed by atoms with van der Waals surface area (Å²) in [6.07, 6.45) is 5.60. The van der Waals surface area contributed by atoms with Crippen LogP contribution in [-0.4, -0.2) is 39.2 Å². The van der Waals surface area contributed by atoms with Crippen LogP contribution >= 0.6 is 0 Å². The highest BCUT2D eigenvalue weighted by Crippen LogP contribution is 2.32. The van der Waals surface area contributed by atoms with Gasteiger partial charge in [-0.1, -0.05) is 0 Å². The van der Waals surface area contributed by atoms with Crippen LogP contribution in [0.4, 0.5) is 11.5 Å². The summed E-state index contributed by atoms with van der Waals surface area (Å²) >= 11 is 0. The zero-order chi connectivity index (χ0) is 16.4. The van der Waals surface area contributed by atoms with Gasteiger partial charge in [-0.25, -0.2) is 4.98 Å². The molecule has 122 valence electrons. The molecule has 7 heteroatoms. The van der Waals surface area contributed by atoms with Crippen molar-refractivity contribution in [3.05, 3.63) is 29.5 Å². The van der Waals surface area contributed by atoms with E-state index in [0.29, 0.717) is 0 Å².